The molecular formula is C18H19N7O6S3. The summed E-state index contributed by atoms with van der Waals surface area (Å²) >= 11 is 0.945. The number of rotatable bonds is 5. The number of hydrogen-bond donors (Lipinski definition) is 3. The Morgan fingerprint density at radius 1 is 1.15 bits per heavy atom. The number of benzene rings is 1. The number of nitrogen functional groups attached to an aromatic ring is 1. The maximum atomic E-state index is 12.0. The van der Waals surface area contributed by atoms with Crippen LogP contribution in [0.5, 0.6) is 0 Å². The fraction of sp³-hybridized carbons (Fsp3) is 0.278. The van der Waals surface area contributed by atoms with Gasteiger partial charge in [-0.2, -0.15) is 31.6 Å². The van der Waals surface area contributed by atoms with E-state index in [4.69, 9.17) is 5.73 Å². The van der Waals surface area contributed by atoms with Crippen molar-refractivity contribution in [2.75, 3.05) is 5.73 Å². The number of anilines is 1. The van der Waals surface area contributed by atoms with Crippen LogP contribution < -0.4 is 5.73 Å². The lowest BCUT2D eigenvalue weighted by molar-refractivity contribution is 0.477. The molecule has 0 radical (unpaired) electrons. The van der Waals surface area contributed by atoms with E-state index in [-0.39, 0.29) is 27.8 Å². The SMILES string of the molecule is Cc1nsc(N=Nc2c(C(C)(C)C)nn(-c3cc(S(=O)(=O)O)ccc3S(=O)(=O)O)c2N)c1C#N. The van der Waals surface area contributed by atoms with E-state index in [1.807, 2.05) is 6.07 Å². The molecule has 16 heteroatoms. The van der Waals surface area contributed by atoms with Crippen LogP contribution in [0.1, 0.15) is 37.7 Å². The molecule has 2 heterocycles. The van der Waals surface area contributed by atoms with Crippen LogP contribution in [0, 0.1) is 18.3 Å². The summed E-state index contributed by atoms with van der Waals surface area (Å²) < 4.78 is 71.2. The summed E-state index contributed by atoms with van der Waals surface area (Å²) in [5.41, 5.74) is 6.08. The van der Waals surface area contributed by atoms with Crippen LogP contribution in [0.15, 0.2) is 38.2 Å². The van der Waals surface area contributed by atoms with Crippen molar-refractivity contribution in [2.45, 2.75) is 42.9 Å². The van der Waals surface area contributed by atoms with Gasteiger partial charge in [-0.25, -0.2) is 4.68 Å². The summed E-state index contributed by atoms with van der Waals surface area (Å²) in [6.07, 6.45) is 0. The van der Waals surface area contributed by atoms with Crippen molar-refractivity contribution in [1.29, 1.82) is 5.26 Å². The Labute approximate surface area is 199 Å². The Kier molecular flexibility index (Phi) is 6.37. The summed E-state index contributed by atoms with van der Waals surface area (Å²) in [5.74, 6) is -0.231. The van der Waals surface area contributed by atoms with Crippen LogP contribution in [-0.4, -0.2) is 40.1 Å². The highest BCUT2D eigenvalue weighted by Crippen LogP contribution is 2.40. The van der Waals surface area contributed by atoms with E-state index in [0.717, 1.165) is 34.4 Å². The highest BCUT2D eigenvalue weighted by molar-refractivity contribution is 7.86. The molecule has 0 saturated carbocycles. The Morgan fingerprint density at radius 2 is 1.79 bits per heavy atom. The van der Waals surface area contributed by atoms with Crippen LogP contribution in [-0.2, 0) is 25.7 Å². The van der Waals surface area contributed by atoms with Crippen molar-refractivity contribution in [3.8, 4) is 11.8 Å². The minimum atomic E-state index is -4.85. The molecule has 4 N–H and O–H groups in total. The van der Waals surface area contributed by atoms with Gasteiger partial charge in [0.05, 0.1) is 22.0 Å². The fourth-order valence-corrected chi connectivity index (χ4v) is 4.73. The maximum Gasteiger partial charge on any atom is 0.296 e. The van der Waals surface area contributed by atoms with Crippen LogP contribution >= 0.6 is 11.5 Å². The van der Waals surface area contributed by atoms with Gasteiger partial charge < -0.3 is 5.73 Å². The lowest BCUT2D eigenvalue weighted by Crippen LogP contribution is -2.14. The Balaban J connectivity index is 2.33. The van der Waals surface area contributed by atoms with Gasteiger partial charge in [0.1, 0.15) is 16.5 Å². The van der Waals surface area contributed by atoms with Gasteiger partial charge in [-0.1, -0.05) is 20.8 Å². The number of nitrogens with two attached hydrogens (primary N) is 1. The Morgan fingerprint density at radius 3 is 2.32 bits per heavy atom. The van der Waals surface area contributed by atoms with Crippen molar-refractivity contribution in [2.24, 2.45) is 10.2 Å². The minimum absolute atomic E-state index is 0.0287. The number of nitriles is 1. The van der Waals surface area contributed by atoms with Crippen molar-refractivity contribution < 1.29 is 25.9 Å². The Hall–Kier alpha value is -3.23. The molecule has 0 atom stereocenters. The van der Waals surface area contributed by atoms with E-state index in [1.54, 1.807) is 27.7 Å². The molecule has 0 saturated heterocycles. The topological polar surface area (TPSA) is 214 Å². The fourth-order valence-electron chi connectivity index (χ4n) is 2.90. The smallest absolute Gasteiger partial charge is 0.296 e. The number of aryl methyl sites for hydroxylation is 1. The van der Waals surface area contributed by atoms with Crippen LogP contribution in [0.3, 0.4) is 0 Å². The monoisotopic (exact) mass is 525 g/mol. The highest BCUT2D eigenvalue weighted by Gasteiger charge is 2.30. The lowest BCUT2D eigenvalue weighted by atomic mass is 9.91. The molecule has 0 aliphatic carbocycles. The van der Waals surface area contributed by atoms with E-state index in [2.05, 4.69) is 19.7 Å². The van der Waals surface area contributed by atoms with Crippen molar-refractivity contribution >= 4 is 48.3 Å². The quantitative estimate of drug-likeness (QED) is 0.326. The summed E-state index contributed by atoms with van der Waals surface area (Å²) in [5, 5.41) is 22.0. The number of hydrogen-bond acceptors (Lipinski definition) is 11. The van der Waals surface area contributed by atoms with Crippen LogP contribution in [0.4, 0.5) is 16.5 Å². The second-order valence-corrected chi connectivity index (χ2v) is 11.6. The third-order valence-corrected chi connectivity index (χ3v) is 7.11. The van der Waals surface area contributed by atoms with Gasteiger partial charge in [0, 0.05) is 5.41 Å². The first-order valence-electron chi connectivity index (χ1n) is 9.32. The molecule has 34 heavy (non-hydrogen) atoms. The molecular weight excluding hydrogens is 506 g/mol. The molecule has 0 fully saturated rings. The third kappa shape index (κ3) is 4.83. The van der Waals surface area contributed by atoms with Crippen molar-refractivity contribution in [3.05, 3.63) is 35.2 Å². The van der Waals surface area contributed by atoms with E-state index < -0.39 is 41.1 Å². The average Bonchev–Trinajstić information content (AvgIpc) is 3.23. The average molecular weight is 526 g/mol. The van der Waals surface area contributed by atoms with E-state index in [1.165, 1.54) is 0 Å². The standard InChI is InChI=1S/C18H19N7O6S3/c1-9-11(8-19)17(32-24-9)22-21-14-15(18(2,3)4)23-25(16(14)20)12-7-10(33(26,27)28)5-6-13(12)34(29,30)31/h5-7H,20H2,1-4H3,(H,26,27,28)(H,29,30,31). The molecule has 0 spiro atoms. The zero-order valence-electron chi connectivity index (χ0n) is 18.2. The largest absolute Gasteiger partial charge is 0.382 e. The number of aromatic nitrogens is 3. The molecule has 1 aromatic carbocycles. The molecule has 0 bridgehead atoms. The predicted molar refractivity (Wildman–Crippen MR) is 122 cm³/mol. The van der Waals surface area contributed by atoms with Crippen LogP contribution in [0.25, 0.3) is 5.69 Å². The second-order valence-electron chi connectivity index (χ2n) is 8.08. The summed E-state index contributed by atoms with van der Waals surface area (Å²) in [7, 11) is -9.58. The first kappa shape index (κ1) is 25.4. The van der Waals surface area contributed by atoms with Gasteiger partial charge in [0.25, 0.3) is 20.2 Å². The van der Waals surface area contributed by atoms with Crippen LogP contribution in [0.2, 0.25) is 0 Å². The zero-order valence-corrected chi connectivity index (χ0v) is 20.7. The van der Waals surface area contributed by atoms with E-state index in [9.17, 15) is 31.2 Å². The molecule has 3 rings (SSSR count). The molecule has 180 valence electrons. The molecule has 2 aromatic heterocycles. The summed E-state index contributed by atoms with van der Waals surface area (Å²) in [6, 6.07) is 4.39. The summed E-state index contributed by atoms with van der Waals surface area (Å²) in [6.45, 7) is 6.95. The first-order chi connectivity index (χ1) is 15.6. The molecule has 0 aliphatic heterocycles. The summed E-state index contributed by atoms with van der Waals surface area (Å²) in [4.78, 5) is -1.35. The maximum absolute atomic E-state index is 12.0. The van der Waals surface area contributed by atoms with Gasteiger partial charge >= 0.3 is 0 Å². The van der Waals surface area contributed by atoms with Gasteiger partial charge in [-0.3, -0.25) is 9.11 Å². The number of azo groups is 1. The predicted octanol–water partition coefficient (Wildman–Crippen LogP) is 3.30. The van der Waals surface area contributed by atoms with Gasteiger partial charge in [0.2, 0.25) is 0 Å². The normalized spacial score (nSPS) is 12.9. The molecule has 0 unspecified atom stereocenters. The zero-order chi connectivity index (χ0) is 25.6. The van der Waals surface area contributed by atoms with E-state index >= 15 is 0 Å². The minimum Gasteiger partial charge on any atom is -0.382 e. The second kappa shape index (κ2) is 8.52. The van der Waals surface area contributed by atoms with Crippen molar-refractivity contribution in [1.82, 2.24) is 14.2 Å². The van der Waals surface area contributed by atoms with Crippen molar-refractivity contribution in [3.63, 3.8) is 0 Å². The highest BCUT2D eigenvalue weighted by atomic mass is 32.2. The van der Waals surface area contributed by atoms with E-state index in [0.29, 0.717) is 5.69 Å². The van der Waals surface area contributed by atoms with Gasteiger partial charge in [-0.15, -0.1) is 10.2 Å². The molecule has 0 amide bonds. The first-order valence-corrected chi connectivity index (χ1v) is 13.0. The molecule has 3 aromatic rings. The lowest BCUT2D eigenvalue weighted by Gasteiger charge is -2.15. The third-order valence-electron chi connectivity index (χ3n) is 4.54. The Bertz CT molecular complexity index is 1570. The van der Waals surface area contributed by atoms with Gasteiger partial charge in [-0.05, 0) is 36.7 Å². The number of nitrogens with zero attached hydrogens (tertiary/aromatic N) is 6. The molecule has 13 nitrogen and oxygen atoms in total. The molecule has 0 aliphatic rings. The van der Waals surface area contributed by atoms with Gasteiger partial charge in [0.15, 0.2) is 16.5 Å².